The molecule has 0 saturated heterocycles. The molecule has 2 aliphatic heterocycles. The molecule has 3 aromatic heterocycles. The highest BCUT2D eigenvalue weighted by Gasteiger charge is 2.26. The van der Waals surface area contributed by atoms with Gasteiger partial charge >= 0.3 is 0 Å². The lowest BCUT2D eigenvalue weighted by molar-refractivity contribution is 0.568. The number of hydrogen-bond donors (Lipinski definition) is 2. The third-order valence-electron chi connectivity index (χ3n) is 6.64. The lowest BCUT2D eigenvalue weighted by Gasteiger charge is -2.21. The number of aromatic nitrogens is 4. The zero-order valence-electron chi connectivity index (χ0n) is 21.5. The Morgan fingerprint density at radius 2 is 1.38 bits per heavy atom. The number of fused-ring (bicyclic) bond motifs is 10. The minimum Gasteiger partial charge on any atom is -0.354 e. The maximum absolute atomic E-state index is 5.12. The fourth-order valence-electron chi connectivity index (χ4n) is 4.74. The standard InChI is InChI=1S/C30H34N4/c1-17-13-19-9-10-23(31-19)26-15-20(29(3,4)5)25(33-26)14-18(2)28-21(30(6,7)8)16-27(34-28)24-12-11-22(17)32-24/h9-16,31,33H,1-8H3. The molecule has 0 saturated carbocycles. The van der Waals surface area contributed by atoms with Crippen LogP contribution in [-0.4, -0.2) is 19.9 Å². The Labute approximate surface area is 201 Å². The fourth-order valence-corrected chi connectivity index (χ4v) is 4.74. The highest BCUT2D eigenvalue weighted by atomic mass is 14.8. The van der Waals surface area contributed by atoms with Gasteiger partial charge in [0.15, 0.2) is 0 Å². The maximum atomic E-state index is 5.12. The molecular formula is C30H34N4. The normalized spacial score (nSPS) is 13.9. The van der Waals surface area contributed by atoms with Crippen molar-refractivity contribution in [3.05, 3.63) is 69.8 Å². The first-order valence-electron chi connectivity index (χ1n) is 12.0. The summed E-state index contributed by atoms with van der Waals surface area (Å²) in [5.41, 5.74) is 13.0. The zero-order valence-corrected chi connectivity index (χ0v) is 21.5. The van der Waals surface area contributed by atoms with E-state index in [0.717, 1.165) is 56.0 Å². The fraction of sp³-hybridized carbons (Fsp3) is 0.333. The second-order valence-electron chi connectivity index (χ2n) is 11.6. The SMILES string of the molecule is Cc1cc2ccc([nH]2)c2cc(C(C)(C)C)c(cc(C)c3nc(c4nc1C=C4)C=C3C(C)(C)C)[nH]2. The first kappa shape index (κ1) is 22.4. The third kappa shape index (κ3) is 3.91. The zero-order chi connectivity index (χ0) is 24.4. The van der Waals surface area contributed by atoms with Crippen LogP contribution < -0.4 is 0 Å². The molecule has 5 heterocycles. The Morgan fingerprint density at radius 3 is 2.09 bits per heavy atom. The maximum Gasteiger partial charge on any atom is 0.0897 e. The number of aromatic amines is 2. The van der Waals surface area contributed by atoms with Crippen LogP contribution in [0.3, 0.4) is 0 Å². The van der Waals surface area contributed by atoms with E-state index in [0.29, 0.717) is 0 Å². The second kappa shape index (κ2) is 7.56. The van der Waals surface area contributed by atoms with Gasteiger partial charge in [0.25, 0.3) is 0 Å². The molecule has 4 nitrogen and oxygen atoms in total. The largest absolute Gasteiger partial charge is 0.354 e. The summed E-state index contributed by atoms with van der Waals surface area (Å²) in [6.45, 7) is 17.8. The van der Waals surface area contributed by atoms with Gasteiger partial charge in [0.2, 0.25) is 0 Å². The predicted octanol–water partition coefficient (Wildman–Crippen LogP) is 7.99. The number of allylic oxidation sites excluding steroid dienone is 1. The van der Waals surface area contributed by atoms with Crippen LogP contribution in [0.15, 0.2) is 30.3 Å². The third-order valence-corrected chi connectivity index (χ3v) is 6.64. The number of rotatable bonds is 0. The van der Waals surface area contributed by atoms with Crippen LogP contribution in [-0.2, 0) is 5.41 Å². The molecule has 0 fully saturated rings. The van der Waals surface area contributed by atoms with Crippen LogP contribution >= 0.6 is 0 Å². The van der Waals surface area contributed by atoms with Crippen LogP contribution in [0.4, 0.5) is 0 Å². The van der Waals surface area contributed by atoms with Gasteiger partial charge in [-0.25, -0.2) is 9.97 Å². The molecule has 2 N–H and O–H groups in total. The molecule has 0 amide bonds. The molecule has 4 heteroatoms. The molecule has 8 bridgehead atoms. The molecule has 3 aromatic rings. The van der Waals surface area contributed by atoms with Crippen molar-refractivity contribution in [3.8, 4) is 0 Å². The molecule has 0 aliphatic carbocycles. The Kier molecular flexibility index (Phi) is 4.98. The summed E-state index contributed by atoms with van der Waals surface area (Å²) in [4.78, 5) is 17.3. The highest BCUT2D eigenvalue weighted by Crippen LogP contribution is 2.40. The molecule has 0 aromatic carbocycles. The van der Waals surface area contributed by atoms with Gasteiger partial charge in [-0.3, -0.25) is 0 Å². The summed E-state index contributed by atoms with van der Waals surface area (Å²) < 4.78 is 0. The molecule has 0 radical (unpaired) electrons. The van der Waals surface area contributed by atoms with Gasteiger partial charge < -0.3 is 9.97 Å². The van der Waals surface area contributed by atoms with Crippen LogP contribution in [0.1, 0.15) is 81.0 Å². The van der Waals surface area contributed by atoms with E-state index in [-0.39, 0.29) is 10.8 Å². The molecule has 5 rings (SSSR count). The average Bonchev–Trinajstić information content (AvgIpc) is 3.49. The quantitative estimate of drug-likeness (QED) is 0.285. The Hall–Kier alpha value is -3.40. The summed E-state index contributed by atoms with van der Waals surface area (Å²) in [5.74, 6) is 0. The van der Waals surface area contributed by atoms with Crippen molar-refractivity contribution in [2.75, 3.05) is 0 Å². The first-order valence-corrected chi connectivity index (χ1v) is 12.0. The van der Waals surface area contributed by atoms with Crippen molar-refractivity contribution in [1.82, 2.24) is 19.9 Å². The van der Waals surface area contributed by atoms with E-state index >= 15 is 0 Å². The average molecular weight is 451 g/mol. The molecule has 0 spiro atoms. The smallest absolute Gasteiger partial charge is 0.0897 e. The minimum absolute atomic E-state index is 0.00246. The summed E-state index contributed by atoms with van der Waals surface area (Å²) in [6, 6.07) is 11.0. The van der Waals surface area contributed by atoms with Gasteiger partial charge in [0, 0.05) is 11.0 Å². The van der Waals surface area contributed by atoms with Gasteiger partial charge in [0.05, 0.1) is 33.8 Å². The highest BCUT2D eigenvalue weighted by molar-refractivity contribution is 5.90. The summed E-state index contributed by atoms with van der Waals surface area (Å²) in [5, 5.41) is 0. The minimum atomic E-state index is -0.0298. The number of H-pyrrole nitrogens is 2. The molecule has 0 atom stereocenters. The number of aryl methyl sites for hydroxylation is 2. The van der Waals surface area contributed by atoms with Gasteiger partial charge in [-0.05, 0) is 95.5 Å². The van der Waals surface area contributed by atoms with Gasteiger partial charge in [-0.2, -0.15) is 0 Å². The van der Waals surface area contributed by atoms with E-state index in [2.05, 4.69) is 114 Å². The lowest BCUT2D eigenvalue weighted by atomic mass is 9.83. The molecular weight excluding hydrogens is 416 g/mol. The Morgan fingerprint density at radius 1 is 0.647 bits per heavy atom. The van der Waals surface area contributed by atoms with Crippen LogP contribution in [0.5, 0.6) is 0 Å². The van der Waals surface area contributed by atoms with E-state index in [1.165, 1.54) is 11.1 Å². The van der Waals surface area contributed by atoms with Crippen molar-refractivity contribution < 1.29 is 0 Å². The molecule has 34 heavy (non-hydrogen) atoms. The van der Waals surface area contributed by atoms with E-state index in [1.807, 2.05) is 0 Å². The first-order chi connectivity index (χ1) is 15.9. The number of nitrogens with one attached hydrogen (secondary N) is 2. The van der Waals surface area contributed by atoms with Crippen molar-refractivity contribution in [2.45, 2.75) is 60.8 Å². The summed E-state index contributed by atoms with van der Waals surface area (Å²) in [6.07, 6.45) is 6.39. The Balaban J connectivity index is 1.96. The molecule has 0 unspecified atom stereocenters. The van der Waals surface area contributed by atoms with Crippen LogP contribution in [0.25, 0.3) is 45.9 Å². The van der Waals surface area contributed by atoms with Crippen molar-refractivity contribution in [1.29, 1.82) is 0 Å². The van der Waals surface area contributed by atoms with Crippen molar-refractivity contribution in [3.63, 3.8) is 0 Å². The lowest BCUT2D eigenvalue weighted by Crippen LogP contribution is -2.10. The van der Waals surface area contributed by atoms with Gasteiger partial charge in [0.1, 0.15) is 0 Å². The number of nitrogens with zero attached hydrogens (tertiary/aromatic N) is 2. The van der Waals surface area contributed by atoms with E-state index < -0.39 is 0 Å². The molecule has 174 valence electrons. The Bertz CT molecular complexity index is 1530. The summed E-state index contributed by atoms with van der Waals surface area (Å²) in [7, 11) is 0. The van der Waals surface area contributed by atoms with Crippen molar-refractivity contribution in [2.24, 2.45) is 5.41 Å². The monoisotopic (exact) mass is 450 g/mol. The predicted molar refractivity (Wildman–Crippen MR) is 145 cm³/mol. The van der Waals surface area contributed by atoms with Crippen LogP contribution in [0.2, 0.25) is 0 Å². The summed E-state index contributed by atoms with van der Waals surface area (Å²) >= 11 is 0. The van der Waals surface area contributed by atoms with Crippen molar-refractivity contribution >= 4 is 45.9 Å². The van der Waals surface area contributed by atoms with E-state index in [4.69, 9.17) is 9.97 Å². The van der Waals surface area contributed by atoms with E-state index in [1.54, 1.807) is 0 Å². The topological polar surface area (TPSA) is 57.4 Å². The second-order valence-corrected chi connectivity index (χ2v) is 11.6. The molecule has 2 aliphatic rings. The van der Waals surface area contributed by atoms with Gasteiger partial charge in [-0.1, -0.05) is 41.5 Å². The van der Waals surface area contributed by atoms with Crippen LogP contribution in [0, 0.1) is 19.3 Å². The number of hydrogen-bond acceptors (Lipinski definition) is 2. The van der Waals surface area contributed by atoms with Gasteiger partial charge in [-0.15, -0.1) is 0 Å². The van der Waals surface area contributed by atoms with E-state index in [9.17, 15) is 0 Å².